The van der Waals surface area contributed by atoms with Crippen LogP contribution in [0.1, 0.15) is 59.3 Å². The molecule has 3 saturated carbocycles. The minimum absolute atomic E-state index is 0.00685. The third kappa shape index (κ3) is 3.93. The molecule has 0 spiro atoms. The molecule has 9 atom stereocenters. The molecule has 0 bridgehead atoms. The molecule has 0 aromatic heterocycles. The van der Waals surface area contributed by atoms with E-state index in [1.807, 2.05) is 24.3 Å². The third-order valence-electron chi connectivity index (χ3n) is 11.3. The van der Waals surface area contributed by atoms with Gasteiger partial charge >= 0.3 is 0 Å². The molecule has 41 heavy (non-hydrogen) atoms. The van der Waals surface area contributed by atoms with Gasteiger partial charge in [-0.15, -0.1) is 11.8 Å². The standard InChI is InChI=1S/C35H40O5S/c1-4-8-31-39-30-18-26-25-14-13-22-17-23(36)15-16-33(22,2)32(25)27(37)19-34(26,3)35(30,40-31)29(38)20-41-28-12-7-10-21-9-5-6-11-24(21)28/h5-7,9-12,15-17,25-27,30-32,37H,4,8,13-14,18-20H2,1-3H3/t25?,26?,27-,30+,31?,32?,33?,34?,35-/m0/s1. The summed E-state index contributed by atoms with van der Waals surface area (Å²) < 4.78 is 13.4. The first-order valence-electron chi connectivity index (χ1n) is 15.3. The minimum Gasteiger partial charge on any atom is -0.393 e. The normalized spacial score (nSPS) is 41.0. The number of thioether (sulfide) groups is 1. The molecule has 4 aliphatic carbocycles. The van der Waals surface area contributed by atoms with Crippen LogP contribution in [-0.4, -0.2) is 46.5 Å². The number of rotatable bonds is 6. The number of carbonyl (C=O) groups is 2. The van der Waals surface area contributed by atoms with Crippen LogP contribution in [-0.2, 0) is 19.1 Å². The third-order valence-corrected chi connectivity index (χ3v) is 12.4. The quantitative estimate of drug-likeness (QED) is 0.390. The Morgan fingerprint density at radius 3 is 2.78 bits per heavy atom. The van der Waals surface area contributed by atoms with Crippen molar-refractivity contribution < 1.29 is 24.2 Å². The van der Waals surface area contributed by atoms with E-state index in [-0.39, 0.29) is 40.8 Å². The van der Waals surface area contributed by atoms with Crippen LogP contribution >= 0.6 is 11.8 Å². The number of allylic oxidation sites excluding steroid dienone is 4. The van der Waals surface area contributed by atoms with Crippen molar-refractivity contribution in [3.05, 3.63) is 66.3 Å². The monoisotopic (exact) mass is 572 g/mol. The lowest BCUT2D eigenvalue weighted by Crippen LogP contribution is -2.63. The second-order valence-electron chi connectivity index (χ2n) is 13.3. The van der Waals surface area contributed by atoms with Crippen LogP contribution in [0.2, 0.25) is 0 Å². The molecule has 6 unspecified atom stereocenters. The van der Waals surface area contributed by atoms with Crippen molar-refractivity contribution in [2.75, 3.05) is 5.75 Å². The van der Waals surface area contributed by atoms with Crippen LogP contribution in [0.15, 0.2) is 71.2 Å². The summed E-state index contributed by atoms with van der Waals surface area (Å²) in [6.45, 7) is 6.50. The zero-order valence-corrected chi connectivity index (χ0v) is 25.0. The highest BCUT2D eigenvalue weighted by Gasteiger charge is 2.75. The van der Waals surface area contributed by atoms with Crippen LogP contribution in [0.4, 0.5) is 0 Å². The Bertz CT molecular complexity index is 1460. The van der Waals surface area contributed by atoms with Gasteiger partial charge in [-0.25, -0.2) is 0 Å². The van der Waals surface area contributed by atoms with Gasteiger partial charge in [-0.05, 0) is 72.9 Å². The molecular formula is C35H40O5S. The van der Waals surface area contributed by atoms with Gasteiger partial charge in [0.15, 0.2) is 23.5 Å². The molecule has 216 valence electrons. The van der Waals surface area contributed by atoms with E-state index in [1.54, 1.807) is 23.9 Å². The highest BCUT2D eigenvalue weighted by Crippen LogP contribution is 2.69. The molecule has 0 amide bonds. The maximum Gasteiger partial charge on any atom is 0.178 e. The van der Waals surface area contributed by atoms with E-state index < -0.39 is 23.4 Å². The average Bonchev–Trinajstić information content (AvgIpc) is 3.44. The molecule has 2 aromatic rings. The molecule has 0 radical (unpaired) electrons. The van der Waals surface area contributed by atoms with E-state index in [0.29, 0.717) is 12.2 Å². The number of carbonyl (C=O) groups excluding carboxylic acids is 2. The Morgan fingerprint density at radius 2 is 1.95 bits per heavy atom. The van der Waals surface area contributed by atoms with Gasteiger partial charge in [0.05, 0.1) is 18.0 Å². The van der Waals surface area contributed by atoms with Gasteiger partial charge in [0.25, 0.3) is 0 Å². The first-order chi connectivity index (χ1) is 19.7. The molecule has 5 aliphatic rings. The van der Waals surface area contributed by atoms with E-state index >= 15 is 0 Å². The Labute approximate surface area is 246 Å². The number of ketones is 2. The molecular weight excluding hydrogens is 532 g/mol. The van der Waals surface area contributed by atoms with Crippen LogP contribution in [0, 0.1) is 28.6 Å². The fraction of sp³-hybridized carbons (Fsp3) is 0.543. The maximum atomic E-state index is 14.6. The summed E-state index contributed by atoms with van der Waals surface area (Å²) in [7, 11) is 0. The molecule has 7 rings (SSSR count). The molecule has 4 fully saturated rings. The fourth-order valence-electron chi connectivity index (χ4n) is 9.58. The van der Waals surface area contributed by atoms with Crippen LogP contribution < -0.4 is 0 Å². The lowest BCUT2D eigenvalue weighted by Gasteiger charge is -2.59. The first kappa shape index (κ1) is 27.6. The topological polar surface area (TPSA) is 72.8 Å². The summed E-state index contributed by atoms with van der Waals surface area (Å²) in [6.07, 6.45) is 8.87. The molecule has 1 heterocycles. The van der Waals surface area contributed by atoms with Crippen molar-refractivity contribution in [3.63, 3.8) is 0 Å². The van der Waals surface area contributed by atoms with Crippen molar-refractivity contribution >= 4 is 34.1 Å². The number of aliphatic hydroxyl groups excluding tert-OH is 1. The van der Waals surface area contributed by atoms with E-state index in [4.69, 9.17) is 9.47 Å². The molecule has 1 saturated heterocycles. The van der Waals surface area contributed by atoms with Gasteiger partial charge in [-0.3, -0.25) is 9.59 Å². The maximum absolute atomic E-state index is 14.6. The zero-order chi connectivity index (χ0) is 28.6. The Hall–Kier alpha value is -2.25. The number of ether oxygens (including phenoxy) is 2. The van der Waals surface area contributed by atoms with Gasteiger partial charge in [-0.1, -0.05) is 75.2 Å². The summed E-state index contributed by atoms with van der Waals surface area (Å²) in [4.78, 5) is 27.9. The predicted molar refractivity (Wildman–Crippen MR) is 160 cm³/mol. The number of fused-ring (bicyclic) bond motifs is 8. The minimum atomic E-state index is -1.07. The molecule has 1 aliphatic heterocycles. The second-order valence-corrected chi connectivity index (χ2v) is 14.4. The van der Waals surface area contributed by atoms with Crippen molar-refractivity contribution in [1.29, 1.82) is 0 Å². The Balaban J connectivity index is 1.23. The molecule has 5 nitrogen and oxygen atoms in total. The van der Waals surface area contributed by atoms with Crippen molar-refractivity contribution in [2.24, 2.45) is 28.6 Å². The van der Waals surface area contributed by atoms with Crippen LogP contribution in [0.3, 0.4) is 0 Å². The molecule has 1 N–H and O–H groups in total. The molecule has 6 heteroatoms. The smallest absolute Gasteiger partial charge is 0.178 e. The van der Waals surface area contributed by atoms with Gasteiger partial charge in [0, 0.05) is 21.6 Å². The summed E-state index contributed by atoms with van der Waals surface area (Å²) in [5.74, 6) is 0.849. The summed E-state index contributed by atoms with van der Waals surface area (Å²) >= 11 is 1.58. The van der Waals surface area contributed by atoms with Crippen LogP contribution in [0.5, 0.6) is 0 Å². The summed E-state index contributed by atoms with van der Waals surface area (Å²) in [5.41, 5.74) is -0.817. The summed E-state index contributed by atoms with van der Waals surface area (Å²) in [5, 5.41) is 14.3. The lowest BCUT2D eigenvalue weighted by atomic mass is 9.46. The Kier molecular flexibility index (Phi) is 6.66. The predicted octanol–water partition coefficient (Wildman–Crippen LogP) is 6.67. The second kappa shape index (κ2) is 9.90. The zero-order valence-electron chi connectivity index (χ0n) is 24.2. The SMILES string of the molecule is CCCC1O[C@@H]2CC3C4CCC5=CC(=O)C=CC5(C)C4[C@@H](O)CC3(C)[C@@]2(C(=O)CSc2cccc3ccccc23)O1. The van der Waals surface area contributed by atoms with Gasteiger partial charge in [-0.2, -0.15) is 0 Å². The summed E-state index contributed by atoms with van der Waals surface area (Å²) in [6, 6.07) is 14.5. The first-order valence-corrected chi connectivity index (χ1v) is 16.3. The van der Waals surface area contributed by atoms with Gasteiger partial charge < -0.3 is 14.6 Å². The highest BCUT2D eigenvalue weighted by atomic mass is 32.2. The number of aliphatic hydroxyl groups is 1. The number of hydrogen-bond donors (Lipinski definition) is 1. The van der Waals surface area contributed by atoms with Gasteiger partial charge in [0.1, 0.15) is 0 Å². The van der Waals surface area contributed by atoms with Crippen molar-refractivity contribution in [1.82, 2.24) is 0 Å². The van der Waals surface area contributed by atoms with Crippen molar-refractivity contribution in [2.45, 2.75) is 88.3 Å². The Morgan fingerprint density at radius 1 is 1.15 bits per heavy atom. The number of benzene rings is 2. The van der Waals surface area contributed by atoms with Crippen LogP contribution in [0.25, 0.3) is 10.8 Å². The van der Waals surface area contributed by atoms with Gasteiger partial charge in [0.2, 0.25) is 0 Å². The van der Waals surface area contributed by atoms with E-state index in [1.165, 1.54) is 0 Å². The highest BCUT2D eigenvalue weighted by molar-refractivity contribution is 8.00. The average molecular weight is 573 g/mol. The van der Waals surface area contributed by atoms with Crippen molar-refractivity contribution in [3.8, 4) is 0 Å². The van der Waals surface area contributed by atoms with E-state index in [9.17, 15) is 14.7 Å². The number of hydrogen-bond acceptors (Lipinski definition) is 6. The fourth-order valence-corrected chi connectivity index (χ4v) is 10.6. The van der Waals surface area contributed by atoms with E-state index in [0.717, 1.165) is 53.3 Å². The largest absolute Gasteiger partial charge is 0.393 e. The molecule has 2 aromatic carbocycles. The van der Waals surface area contributed by atoms with E-state index in [2.05, 4.69) is 45.0 Å². The number of Topliss-reactive ketones (excluding diaryl/α,β-unsaturated/α-hetero) is 1. The lowest BCUT2D eigenvalue weighted by molar-refractivity contribution is -0.197.